The van der Waals surface area contributed by atoms with Gasteiger partial charge in [-0.25, -0.2) is 23.4 Å². The Labute approximate surface area is 247 Å². The number of benzene rings is 2. The summed E-state index contributed by atoms with van der Waals surface area (Å²) in [7, 11) is 0. The topological polar surface area (TPSA) is 149 Å². The van der Waals surface area contributed by atoms with Gasteiger partial charge in [0.25, 0.3) is 5.91 Å². The number of allylic oxidation sites excluding steroid dienone is 1. The van der Waals surface area contributed by atoms with Crippen molar-refractivity contribution < 1.29 is 18.3 Å². The van der Waals surface area contributed by atoms with Crippen molar-refractivity contribution in [1.82, 2.24) is 24.6 Å². The summed E-state index contributed by atoms with van der Waals surface area (Å²) in [6.07, 6.45) is 5.54. The van der Waals surface area contributed by atoms with Crippen LogP contribution in [0, 0.1) is 23.0 Å². The van der Waals surface area contributed by atoms with Crippen LogP contribution in [0.3, 0.4) is 0 Å². The lowest BCUT2D eigenvalue weighted by Gasteiger charge is -2.24. The molecule has 222 valence electrons. The molecule has 1 aliphatic heterocycles. The van der Waals surface area contributed by atoms with E-state index in [-0.39, 0.29) is 52.6 Å². The first-order valence-electron chi connectivity index (χ1n) is 13.9. The number of nitrogens with two attached hydrogens (primary N) is 2. The van der Waals surface area contributed by atoms with Crippen LogP contribution in [-0.4, -0.2) is 48.7 Å². The van der Waals surface area contributed by atoms with Gasteiger partial charge >= 0.3 is 0 Å². The van der Waals surface area contributed by atoms with E-state index in [1.54, 1.807) is 27.8 Å². The van der Waals surface area contributed by atoms with Crippen molar-refractivity contribution in [2.45, 2.75) is 57.7 Å². The molecule has 2 aromatic carbocycles. The third-order valence-electron chi connectivity index (χ3n) is 7.30. The number of halogens is 2. The van der Waals surface area contributed by atoms with E-state index in [1.807, 2.05) is 19.9 Å². The molecule has 1 aliphatic rings. The van der Waals surface area contributed by atoms with Gasteiger partial charge in [0.2, 0.25) is 0 Å². The number of fused-ring (bicyclic) bond motifs is 1. The third kappa shape index (κ3) is 6.62. The van der Waals surface area contributed by atoms with Crippen molar-refractivity contribution in [2.75, 3.05) is 12.3 Å². The zero-order valence-corrected chi connectivity index (χ0v) is 23.9. The number of nitriles is 1. The summed E-state index contributed by atoms with van der Waals surface area (Å²) in [5.74, 6) is -0.914. The molecule has 5 rings (SSSR count). The van der Waals surface area contributed by atoms with E-state index in [9.17, 15) is 14.4 Å². The van der Waals surface area contributed by atoms with E-state index in [4.69, 9.17) is 16.2 Å². The highest BCUT2D eigenvalue weighted by Gasteiger charge is 2.32. The predicted octanol–water partition coefficient (Wildman–Crippen LogP) is 5.10. The number of nitrogen functional groups attached to an aromatic ring is 1. The van der Waals surface area contributed by atoms with Gasteiger partial charge in [-0.15, -0.1) is 0 Å². The molecule has 3 heterocycles. The summed E-state index contributed by atoms with van der Waals surface area (Å²) in [5.41, 5.74) is 12.7. The van der Waals surface area contributed by atoms with Gasteiger partial charge < -0.3 is 21.1 Å². The number of aromatic nitrogens is 4. The maximum absolute atomic E-state index is 15.5. The third-order valence-corrected chi connectivity index (χ3v) is 7.30. The number of ether oxygens (including phenoxy) is 1. The second kappa shape index (κ2) is 12.1. The van der Waals surface area contributed by atoms with E-state index in [0.29, 0.717) is 36.8 Å². The van der Waals surface area contributed by atoms with Gasteiger partial charge in [0.15, 0.2) is 5.65 Å². The van der Waals surface area contributed by atoms with Crippen LogP contribution in [0.1, 0.15) is 39.5 Å². The number of hydrogen-bond donors (Lipinski definition) is 2. The van der Waals surface area contributed by atoms with Crippen LogP contribution in [0.5, 0.6) is 11.5 Å². The lowest BCUT2D eigenvalue weighted by Crippen LogP contribution is -2.39. The highest BCUT2D eigenvalue weighted by Crippen LogP contribution is 2.35. The summed E-state index contributed by atoms with van der Waals surface area (Å²) < 4.78 is 36.2. The number of likely N-dealkylation sites (tertiary alicyclic amines) is 1. The second-order valence-corrected chi connectivity index (χ2v) is 11.2. The predicted molar refractivity (Wildman–Crippen MR) is 158 cm³/mol. The highest BCUT2D eigenvalue weighted by atomic mass is 19.1. The van der Waals surface area contributed by atoms with Crippen LogP contribution in [-0.2, 0) is 11.3 Å². The summed E-state index contributed by atoms with van der Waals surface area (Å²) in [6.45, 7) is 4.54. The maximum atomic E-state index is 15.5. The number of amides is 1. The zero-order chi connectivity index (χ0) is 30.7. The Morgan fingerprint density at radius 3 is 2.72 bits per heavy atom. The smallest absolute Gasteiger partial charge is 0.264 e. The molecule has 4 N–H and O–H groups in total. The molecule has 1 atom stereocenters. The van der Waals surface area contributed by atoms with Gasteiger partial charge in [-0.3, -0.25) is 4.79 Å². The van der Waals surface area contributed by atoms with Crippen LogP contribution in [0.2, 0.25) is 0 Å². The van der Waals surface area contributed by atoms with Crippen molar-refractivity contribution in [3.63, 3.8) is 0 Å². The first-order valence-corrected chi connectivity index (χ1v) is 13.9. The zero-order valence-electron chi connectivity index (χ0n) is 23.9. The van der Waals surface area contributed by atoms with Crippen LogP contribution < -0.4 is 16.2 Å². The number of anilines is 1. The summed E-state index contributed by atoms with van der Waals surface area (Å²) in [6, 6.07) is 11.6. The molecule has 10 nitrogen and oxygen atoms in total. The fourth-order valence-electron chi connectivity index (χ4n) is 5.18. The largest absolute Gasteiger partial charge is 0.457 e. The SMILES string of the molecule is CC(C)(N)CC/C=C(\C#N)C(=O)N1CCC[C@H]1Cn1nc(-c2ccc(Oc3cccc(F)c3)cc2F)c2c(N)ncnc21. The number of carbonyl (C=O) groups excluding carboxylic acids is 1. The number of rotatable bonds is 9. The van der Waals surface area contributed by atoms with E-state index in [2.05, 4.69) is 15.1 Å². The van der Waals surface area contributed by atoms with Crippen LogP contribution in [0.15, 0.2) is 60.4 Å². The Morgan fingerprint density at radius 2 is 2.00 bits per heavy atom. The number of nitrogens with zero attached hydrogens (tertiary/aromatic N) is 6. The summed E-state index contributed by atoms with van der Waals surface area (Å²) in [4.78, 5) is 23.5. The highest BCUT2D eigenvalue weighted by molar-refractivity contribution is 5.99. The molecule has 0 bridgehead atoms. The van der Waals surface area contributed by atoms with E-state index >= 15 is 4.39 Å². The van der Waals surface area contributed by atoms with Crippen molar-refractivity contribution in [3.05, 3.63) is 72.1 Å². The van der Waals surface area contributed by atoms with E-state index in [0.717, 1.165) is 6.42 Å². The molecule has 43 heavy (non-hydrogen) atoms. The first-order chi connectivity index (χ1) is 20.5. The average Bonchev–Trinajstić information content (AvgIpc) is 3.56. The second-order valence-electron chi connectivity index (χ2n) is 11.2. The van der Waals surface area contributed by atoms with Crippen molar-refractivity contribution in [1.29, 1.82) is 5.26 Å². The molecule has 0 saturated carbocycles. The standard InChI is InChI=1S/C31H32F2N8O2/c1-31(2,36)12-4-6-19(16-34)30(42)40-13-5-8-21(40)17-41-29-26(28(35)37-18-38-29)27(39-41)24-11-10-23(15-25(24)33)43-22-9-3-7-20(32)14-22/h3,6-7,9-11,14-15,18,21H,4-5,8,12-13,17,36H2,1-2H3,(H2,35,37,38)/b19-6+/t21-/m0/s1. The molecular formula is C31H32F2N8O2. The Morgan fingerprint density at radius 1 is 1.21 bits per heavy atom. The minimum absolute atomic E-state index is 0.0800. The van der Waals surface area contributed by atoms with Gasteiger partial charge in [0, 0.05) is 29.8 Å². The van der Waals surface area contributed by atoms with Crippen LogP contribution >= 0.6 is 0 Å². The molecule has 0 spiro atoms. The molecule has 0 radical (unpaired) electrons. The van der Waals surface area contributed by atoms with Crippen LogP contribution in [0.4, 0.5) is 14.6 Å². The molecular weight excluding hydrogens is 554 g/mol. The Hall–Kier alpha value is -4.89. The number of hydrogen-bond acceptors (Lipinski definition) is 8. The summed E-state index contributed by atoms with van der Waals surface area (Å²) >= 11 is 0. The molecule has 12 heteroatoms. The van der Waals surface area contributed by atoms with Gasteiger partial charge in [-0.1, -0.05) is 12.1 Å². The summed E-state index contributed by atoms with van der Waals surface area (Å²) in [5, 5.41) is 14.7. The van der Waals surface area contributed by atoms with E-state index in [1.165, 1.54) is 36.7 Å². The Bertz CT molecular complexity index is 1740. The van der Waals surface area contributed by atoms with Crippen molar-refractivity contribution in [3.8, 4) is 28.8 Å². The molecule has 0 aliphatic carbocycles. The average molecular weight is 587 g/mol. The minimum Gasteiger partial charge on any atom is -0.457 e. The molecule has 1 fully saturated rings. The molecule has 1 saturated heterocycles. The Balaban J connectivity index is 1.42. The van der Waals surface area contributed by atoms with E-state index < -0.39 is 17.2 Å². The van der Waals surface area contributed by atoms with Gasteiger partial charge in [-0.05, 0) is 63.8 Å². The van der Waals surface area contributed by atoms with Gasteiger partial charge in [-0.2, -0.15) is 10.4 Å². The molecule has 0 unspecified atom stereocenters. The van der Waals surface area contributed by atoms with Crippen LogP contribution in [0.25, 0.3) is 22.3 Å². The molecule has 1 amide bonds. The number of carbonyl (C=O) groups is 1. The fraction of sp³-hybridized carbons (Fsp3) is 0.323. The monoisotopic (exact) mass is 586 g/mol. The normalized spacial score (nSPS) is 15.6. The maximum Gasteiger partial charge on any atom is 0.264 e. The quantitative estimate of drug-likeness (QED) is 0.203. The lowest BCUT2D eigenvalue weighted by atomic mass is 9.99. The van der Waals surface area contributed by atoms with Crippen molar-refractivity contribution >= 4 is 22.8 Å². The minimum atomic E-state index is -0.633. The first kappa shape index (κ1) is 29.6. The van der Waals surface area contributed by atoms with Gasteiger partial charge in [0.05, 0.1) is 18.0 Å². The molecule has 2 aromatic heterocycles. The Kier molecular flexibility index (Phi) is 8.36. The van der Waals surface area contributed by atoms with Crippen molar-refractivity contribution in [2.24, 2.45) is 5.73 Å². The van der Waals surface area contributed by atoms with Gasteiger partial charge in [0.1, 0.15) is 52.6 Å². The molecule has 4 aromatic rings. The fourth-order valence-corrected chi connectivity index (χ4v) is 5.18. The lowest BCUT2D eigenvalue weighted by molar-refractivity contribution is -0.127.